The minimum atomic E-state index is -5.26. The second kappa shape index (κ2) is 11.9. The average Bonchev–Trinajstić information content (AvgIpc) is 2.79. The van der Waals surface area contributed by atoms with Crippen molar-refractivity contribution in [2.75, 3.05) is 11.5 Å². The maximum atomic E-state index is 13.9. The van der Waals surface area contributed by atoms with E-state index in [2.05, 4.69) is 15.3 Å². The molecule has 0 saturated carbocycles. The largest absolute Gasteiger partial charge is 0.480 e. The van der Waals surface area contributed by atoms with E-state index in [4.69, 9.17) is 14.3 Å². The molecule has 0 saturated heterocycles. The van der Waals surface area contributed by atoms with Gasteiger partial charge in [-0.3, -0.25) is 9.76 Å². The number of ether oxygens (including phenoxy) is 2. The van der Waals surface area contributed by atoms with Crippen LogP contribution in [0, 0.1) is 4.78 Å². The van der Waals surface area contributed by atoms with Gasteiger partial charge < -0.3 is 25.0 Å². The van der Waals surface area contributed by atoms with E-state index in [1.807, 2.05) is 0 Å². The maximum absolute atomic E-state index is 13.9. The number of hydrogen-bond acceptors (Lipinski definition) is 9. The molecule has 0 aliphatic carbocycles. The molecule has 210 valence electrons. The Morgan fingerprint density at radius 2 is 1.74 bits per heavy atom. The number of hydrogen-bond donors (Lipinski definition) is 4. The Bertz CT molecular complexity index is 1200. The van der Waals surface area contributed by atoms with Gasteiger partial charge in [0.15, 0.2) is 0 Å². The third-order valence-corrected chi connectivity index (χ3v) is 6.76. The molecule has 1 aromatic carbocycles. The Morgan fingerprint density at radius 1 is 1.11 bits per heavy atom. The van der Waals surface area contributed by atoms with Crippen LogP contribution in [0.25, 0.3) is 0 Å². The van der Waals surface area contributed by atoms with Gasteiger partial charge in [0.25, 0.3) is 0 Å². The molecule has 2 aromatic rings. The third kappa shape index (κ3) is 9.13. The lowest BCUT2D eigenvalue weighted by Crippen LogP contribution is -2.45. The summed E-state index contributed by atoms with van der Waals surface area (Å²) in [4.78, 5) is 30.7. The van der Waals surface area contributed by atoms with Gasteiger partial charge in [-0.25, -0.2) is 18.8 Å². The van der Waals surface area contributed by atoms with Crippen molar-refractivity contribution >= 4 is 21.8 Å². The normalized spacial score (nSPS) is 16.0. The molecule has 0 aliphatic rings. The highest BCUT2D eigenvalue weighted by molar-refractivity contribution is 7.92. The molecule has 38 heavy (non-hydrogen) atoms. The van der Waals surface area contributed by atoms with E-state index in [9.17, 15) is 37.2 Å². The molecule has 1 amide bonds. The summed E-state index contributed by atoms with van der Waals surface area (Å²) in [5.41, 5.74) is -5.40. The first-order chi connectivity index (χ1) is 17.4. The number of halogens is 3. The van der Waals surface area contributed by atoms with Crippen molar-refractivity contribution in [3.05, 3.63) is 48.4 Å². The Balaban J connectivity index is 2.10. The molecule has 0 radical (unpaired) electrons. The first-order valence-corrected chi connectivity index (χ1v) is 13.1. The lowest BCUT2D eigenvalue weighted by Gasteiger charge is -2.30. The van der Waals surface area contributed by atoms with Crippen LogP contribution < -0.4 is 10.1 Å². The van der Waals surface area contributed by atoms with Crippen molar-refractivity contribution in [1.82, 2.24) is 15.3 Å². The summed E-state index contributed by atoms with van der Waals surface area (Å²) in [7, 11) is -3.82. The van der Waals surface area contributed by atoms with E-state index in [0.717, 1.165) is 6.20 Å². The molecule has 3 atom stereocenters. The molecule has 2 unspecified atom stereocenters. The van der Waals surface area contributed by atoms with Crippen LogP contribution in [0.2, 0.25) is 0 Å². The van der Waals surface area contributed by atoms with Crippen LogP contribution >= 0.6 is 0 Å². The van der Waals surface area contributed by atoms with E-state index in [1.165, 1.54) is 0 Å². The zero-order valence-electron chi connectivity index (χ0n) is 20.8. The molecule has 0 aliphatic heterocycles. The van der Waals surface area contributed by atoms with Crippen LogP contribution in [0.5, 0.6) is 11.6 Å². The van der Waals surface area contributed by atoms with E-state index < -0.39 is 75.3 Å². The summed E-state index contributed by atoms with van der Waals surface area (Å²) in [5, 5.41) is 21.9. The predicted octanol–water partition coefficient (Wildman–Crippen LogP) is 3.82. The van der Waals surface area contributed by atoms with Crippen molar-refractivity contribution in [2.24, 2.45) is 0 Å². The van der Waals surface area contributed by atoms with Crippen LogP contribution in [0.15, 0.2) is 42.7 Å². The van der Waals surface area contributed by atoms with Gasteiger partial charge in [0.2, 0.25) is 11.5 Å². The fourth-order valence-corrected chi connectivity index (χ4v) is 4.48. The summed E-state index contributed by atoms with van der Waals surface area (Å²) >= 11 is 0. The molecule has 2 rings (SSSR count). The van der Waals surface area contributed by atoms with E-state index in [0.29, 0.717) is 11.9 Å². The number of aromatic nitrogens is 2. The molecule has 0 fully saturated rings. The smallest absolute Gasteiger partial charge is 0.423 e. The maximum Gasteiger partial charge on any atom is 0.423 e. The monoisotopic (exact) mass is 562 g/mol. The molecule has 11 nitrogen and oxygen atoms in total. The van der Waals surface area contributed by atoms with Crippen molar-refractivity contribution in [3.8, 4) is 11.6 Å². The Hall–Kier alpha value is -3.46. The number of alkyl carbamates (subject to hydrolysis) is 1. The number of carboxylic acid groups (broad SMARTS) is 1. The molecular weight excluding hydrogens is 533 g/mol. The third-order valence-electron chi connectivity index (χ3n) is 5.01. The van der Waals surface area contributed by atoms with Gasteiger partial charge in [0.05, 0.1) is 18.1 Å². The van der Waals surface area contributed by atoms with E-state index in [1.54, 1.807) is 51.1 Å². The summed E-state index contributed by atoms with van der Waals surface area (Å²) in [6.45, 7) is 4.65. The van der Waals surface area contributed by atoms with Gasteiger partial charge in [0, 0.05) is 27.7 Å². The number of carbonyl (C=O) groups is 2. The van der Waals surface area contributed by atoms with Crippen molar-refractivity contribution in [2.45, 2.75) is 57.0 Å². The second-order valence-corrected chi connectivity index (χ2v) is 11.7. The second-order valence-electron chi connectivity index (χ2n) is 9.31. The van der Waals surface area contributed by atoms with E-state index in [-0.39, 0.29) is 5.88 Å². The topological polar surface area (TPSA) is 172 Å². The van der Waals surface area contributed by atoms with Crippen LogP contribution in [0.3, 0.4) is 0 Å². The number of rotatable bonds is 11. The van der Waals surface area contributed by atoms with Crippen LogP contribution in [-0.4, -0.2) is 65.8 Å². The highest BCUT2D eigenvalue weighted by atomic mass is 32.2. The predicted molar refractivity (Wildman–Crippen MR) is 129 cm³/mol. The lowest BCUT2D eigenvalue weighted by atomic mass is 9.96. The van der Waals surface area contributed by atoms with Gasteiger partial charge >= 0.3 is 18.2 Å². The van der Waals surface area contributed by atoms with Gasteiger partial charge in [-0.1, -0.05) is 18.2 Å². The van der Waals surface area contributed by atoms with Gasteiger partial charge in [-0.2, -0.15) is 13.2 Å². The highest BCUT2D eigenvalue weighted by Crippen LogP contribution is 2.41. The first kappa shape index (κ1) is 30.8. The minimum absolute atomic E-state index is 0.133. The number of nitrogens with one attached hydrogen (secondary N) is 2. The quantitative estimate of drug-likeness (QED) is 0.318. The summed E-state index contributed by atoms with van der Waals surface area (Å²) in [6.07, 6.45) is -6.50. The highest BCUT2D eigenvalue weighted by Gasteiger charge is 2.56. The standard InChI is InChI=1S/C23H29F3N4O7S/c1-21(2,3)37-20(33)30-16(19(31)32)9-11-38(27,35)12-10-22(34,23(24,25)26)17-13-29-18(14-28-17)36-15-7-5-4-6-8-15/h4-8,13-14,16,27,34H,9-12H2,1-3H3,(H,30,33)(H,31,32)/t16-,22?,38?/m0/s1. The number of nitrogens with zero attached hydrogens (tertiary/aromatic N) is 2. The Labute approximate surface area is 217 Å². The van der Waals surface area contributed by atoms with Crippen LogP contribution in [-0.2, 0) is 24.9 Å². The molecule has 0 bridgehead atoms. The molecule has 1 heterocycles. The van der Waals surface area contributed by atoms with Gasteiger partial charge in [-0.15, -0.1) is 0 Å². The van der Waals surface area contributed by atoms with Crippen LogP contribution in [0.4, 0.5) is 18.0 Å². The number of para-hydroxylation sites is 1. The van der Waals surface area contributed by atoms with Gasteiger partial charge in [-0.05, 0) is 39.3 Å². The average molecular weight is 563 g/mol. The summed E-state index contributed by atoms with van der Waals surface area (Å²) in [5.74, 6) is -2.89. The summed E-state index contributed by atoms with van der Waals surface area (Å²) < 4.78 is 72.6. The van der Waals surface area contributed by atoms with Crippen molar-refractivity contribution in [1.29, 1.82) is 4.78 Å². The van der Waals surface area contributed by atoms with Gasteiger partial charge in [0.1, 0.15) is 17.4 Å². The molecule has 0 spiro atoms. The number of aliphatic hydroxyl groups is 1. The zero-order chi connectivity index (χ0) is 28.8. The fraction of sp³-hybridized carbons (Fsp3) is 0.478. The number of benzene rings is 1. The SMILES string of the molecule is CC(C)(C)OC(=O)N[C@@H](CCS(=N)(=O)CCC(O)(c1cnc(Oc2ccccc2)cn1)C(F)(F)F)C(=O)O. The Morgan fingerprint density at radius 3 is 2.24 bits per heavy atom. The minimum Gasteiger partial charge on any atom is -0.480 e. The molecule has 1 aromatic heterocycles. The lowest BCUT2D eigenvalue weighted by molar-refractivity contribution is -0.269. The molecule has 15 heteroatoms. The summed E-state index contributed by atoms with van der Waals surface area (Å²) in [6, 6.07) is 6.65. The zero-order valence-corrected chi connectivity index (χ0v) is 21.6. The number of alkyl halides is 3. The molecular formula is C23H29F3N4O7S. The number of aliphatic carboxylic acids is 1. The van der Waals surface area contributed by atoms with E-state index >= 15 is 0 Å². The Kier molecular flexibility index (Phi) is 9.66. The van der Waals surface area contributed by atoms with Crippen molar-refractivity contribution in [3.63, 3.8) is 0 Å². The number of carbonyl (C=O) groups excluding carboxylic acids is 1. The van der Waals surface area contributed by atoms with Crippen LogP contribution in [0.1, 0.15) is 39.3 Å². The number of amides is 1. The first-order valence-electron chi connectivity index (χ1n) is 11.2. The van der Waals surface area contributed by atoms with Crippen molar-refractivity contribution < 1.29 is 46.7 Å². The molecule has 4 N–H and O–H groups in total. The fourth-order valence-electron chi connectivity index (χ4n) is 3.04. The number of carboxylic acids is 1.